The molecule has 1 saturated heterocycles. The minimum Gasteiger partial charge on any atom is -0.376 e. The first-order chi connectivity index (χ1) is 13.7. The van der Waals surface area contributed by atoms with Gasteiger partial charge >= 0.3 is 0 Å². The quantitative estimate of drug-likeness (QED) is 0.814. The highest BCUT2D eigenvalue weighted by molar-refractivity contribution is 5.97. The van der Waals surface area contributed by atoms with E-state index in [9.17, 15) is 9.59 Å². The summed E-state index contributed by atoms with van der Waals surface area (Å²) >= 11 is 0. The molecule has 28 heavy (non-hydrogen) atoms. The Hall–Kier alpha value is -2.21. The van der Waals surface area contributed by atoms with Gasteiger partial charge in [0, 0.05) is 38.2 Å². The Morgan fingerprint density at radius 2 is 2.11 bits per heavy atom. The van der Waals surface area contributed by atoms with Crippen molar-refractivity contribution in [1.82, 2.24) is 14.5 Å². The number of nitrogens with zero attached hydrogens (tertiary/aromatic N) is 3. The second kappa shape index (κ2) is 8.43. The van der Waals surface area contributed by atoms with E-state index in [0.717, 1.165) is 57.5 Å². The number of carbonyl (C=O) groups excluding carboxylic acids is 1. The molecule has 0 N–H and O–H groups in total. The summed E-state index contributed by atoms with van der Waals surface area (Å²) in [5, 5.41) is 0.600. The Bertz CT molecular complexity index is 915. The molecule has 2 aliphatic heterocycles. The standard InChI is InChI=1S/C22H29N3O3/c1-2-24(15-17-8-7-13-28-17)21(26)16-10-11-18-19(14-16)23-20-9-5-3-4-6-12-25(20)22(18)27/h10-11,14,17H,2-9,12-13,15H2,1H3/t17-/m1/s1. The lowest BCUT2D eigenvalue weighted by atomic mass is 10.1. The molecule has 150 valence electrons. The predicted molar refractivity (Wildman–Crippen MR) is 109 cm³/mol. The van der Waals surface area contributed by atoms with Crippen LogP contribution in [0.3, 0.4) is 0 Å². The molecule has 6 nitrogen and oxygen atoms in total. The zero-order valence-corrected chi connectivity index (χ0v) is 16.7. The largest absolute Gasteiger partial charge is 0.376 e. The van der Waals surface area contributed by atoms with Crippen molar-refractivity contribution in [3.63, 3.8) is 0 Å². The highest BCUT2D eigenvalue weighted by Gasteiger charge is 2.23. The third kappa shape index (κ3) is 3.83. The number of hydrogen-bond donors (Lipinski definition) is 0. The molecule has 0 spiro atoms. The smallest absolute Gasteiger partial charge is 0.261 e. The molecule has 1 aromatic carbocycles. The molecule has 0 bridgehead atoms. The predicted octanol–water partition coefficient (Wildman–Crippen LogP) is 3.15. The van der Waals surface area contributed by atoms with Crippen molar-refractivity contribution in [1.29, 1.82) is 0 Å². The van der Waals surface area contributed by atoms with E-state index < -0.39 is 0 Å². The maximum absolute atomic E-state index is 13.0. The summed E-state index contributed by atoms with van der Waals surface area (Å²) in [4.78, 5) is 32.6. The van der Waals surface area contributed by atoms with Crippen LogP contribution in [-0.4, -0.2) is 46.2 Å². The number of likely N-dealkylation sites (N-methyl/N-ethyl adjacent to an activating group) is 1. The Morgan fingerprint density at radius 3 is 2.89 bits per heavy atom. The van der Waals surface area contributed by atoms with E-state index in [-0.39, 0.29) is 17.6 Å². The van der Waals surface area contributed by atoms with Gasteiger partial charge in [0.05, 0.1) is 17.0 Å². The minimum atomic E-state index is -0.0199. The van der Waals surface area contributed by atoms with Crippen molar-refractivity contribution in [3.8, 4) is 0 Å². The lowest BCUT2D eigenvalue weighted by Gasteiger charge is -2.24. The van der Waals surface area contributed by atoms with Crippen LogP contribution in [-0.2, 0) is 17.7 Å². The van der Waals surface area contributed by atoms with E-state index in [1.165, 1.54) is 6.42 Å². The second-order valence-corrected chi connectivity index (χ2v) is 7.86. The molecule has 0 saturated carbocycles. The van der Waals surface area contributed by atoms with Gasteiger partial charge in [0.2, 0.25) is 0 Å². The Balaban J connectivity index is 1.65. The first kappa shape index (κ1) is 19.1. The Kier molecular flexibility index (Phi) is 5.76. The van der Waals surface area contributed by atoms with Crippen LogP contribution in [0.2, 0.25) is 0 Å². The fourth-order valence-electron chi connectivity index (χ4n) is 4.30. The van der Waals surface area contributed by atoms with Gasteiger partial charge in [-0.1, -0.05) is 12.8 Å². The molecule has 2 aromatic rings. The molecule has 4 rings (SSSR count). The molecule has 1 atom stereocenters. The molecule has 0 radical (unpaired) electrons. The van der Waals surface area contributed by atoms with E-state index >= 15 is 0 Å². The molecule has 1 fully saturated rings. The summed E-state index contributed by atoms with van der Waals surface area (Å²) in [6, 6.07) is 5.32. The molecule has 6 heteroatoms. The summed E-state index contributed by atoms with van der Waals surface area (Å²) in [5.41, 5.74) is 1.25. The zero-order valence-electron chi connectivity index (χ0n) is 16.7. The van der Waals surface area contributed by atoms with Gasteiger partial charge in [0.15, 0.2) is 0 Å². The van der Waals surface area contributed by atoms with Crippen LogP contribution in [0.4, 0.5) is 0 Å². The number of fused-ring (bicyclic) bond motifs is 2. The minimum absolute atomic E-state index is 0.0199. The number of amides is 1. The molecule has 0 unspecified atom stereocenters. The van der Waals surface area contributed by atoms with E-state index in [1.807, 2.05) is 16.4 Å². The van der Waals surface area contributed by atoms with E-state index in [2.05, 4.69) is 0 Å². The summed E-state index contributed by atoms with van der Waals surface area (Å²) in [6.45, 7) is 4.76. The third-order valence-corrected chi connectivity index (χ3v) is 5.93. The topological polar surface area (TPSA) is 64.4 Å². The Labute approximate surface area is 165 Å². The van der Waals surface area contributed by atoms with Gasteiger partial charge in [-0.05, 0) is 50.8 Å². The molecular formula is C22H29N3O3. The van der Waals surface area contributed by atoms with Gasteiger partial charge in [-0.15, -0.1) is 0 Å². The first-order valence-electron chi connectivity index (χ1n) is 10.6. The molecule has 3 heterocycles. The normalized spacial score (nSPS) is 19.8. The van der Waals surface area contributed by atoms with Crippen LogP contribution in [0, 0.1) is 0 Å². The van der Waals surface area contributed by atoms with E-state index in [4.69, 9.17) is 9.72 Å². The van der Waals surface area contributed by atoms with Crippen LogP contribution >= 0.6 is 0 Å². The van der Waals surface area contributed by atoms with Crippen molar-refractivity contribution >= 4 is 16.8 Å². The second-order valence-electron chi connectivity index (χ2n) is 7.86. The monoisotopic (exact) mass is 383 g/mol. The molecule has 2 aliphatic rings. The van der Waals surface area contributed by atoms with Gasteiger partial charge in [0.25, 0.3) is 11.5 Å². The van der Waals surface area contributed by atoms with Crippen molar-refractivity contribution < 1.29 is 9.53 Å². The zero-order chi connectivity index (χ0) is 19.5. The van der Waals surface area contributed by atoms with Crippen LogP contribution < -0.4 is 5.56 Å². The van der Waals surface area contributed by atoms with Gasteiger partial charge < -0.3 is 9.64 Å². The van der Waals surface area contributed by atoms with Crippen molar-refractivity contribution in [2.24, 2.45) is 0 Å². The number of carbonyl (C=O) groups is 1. The van der Waals surface area contributed by atoms with Crippen molar-refractivity contribution in [3.05, 3.63) is 39.9 Å². The Morgan fingerprint density at radius 1 is 1.25 bits per heavy atom. The summed E-state index contributed by atoms with van der Waals surface area (Å²) in [7, 11) is 0. The van der Waals surface area contributed by atoms with Crippen molar-refractivity contribution in [2.75, 3.05) is 19.7 Å². The number of aryl methyl sites for hydroxylation is 1. The molecule has 0 aliphatic carbocycles. The third-order valence-electron chi connectivity index (χ3n) is 5.93. The summed E-state index contributed by atoms with van der Waals surface area (Å²) < 4.78 is 7.52. The lowest BCUT2D eigenvalue weighted by molar-refractivity contribution is 0.0539. The van der Waals surface area contributed by atoms with Gasteiger partial charge in [-0.25, -0.2) is 4.98 Å². The number of hydrogen-bond acceptors (Lipinski definition) is 4. The van der Waals surface area contributed by atoms with Gasteiger partial charge in [0.1, 0.15) is 5.82 Å². The van der Waals surface area contributed by atoms with E-state index in [0.29, 0.717) is 29.6 Å². The number of aromatic nitrogens is 2. The van der Waals surface area contributed by atoms with E-state index in [1.54, 1.807) is 18.2 Å². The van der Waals surface area contributed by atoms with Gasteiger partial charge in [-0.2, -0.15) is 0 Å². The number of ether oxygens (including phenoxy) is 1. The number of benzene rings is 1. The van der Waals surface area contributed by atoms with Gasteiger partial charge in [-0.3, -0.25) is 14.2 Å². The van der Waals surface area contributed by atoms with Crippen LogP contribution in [0.25, 0.3) is 10.9 Å². The molecule has 1 aromatic heterocycles. The average Bonchev–Trinajstić information content (AvgIpc) is 3.20. The molecule has 1 amide bonds. The number of rotatable bonds is 4. The maximum Gasteiger partial charge on any atom is 0.261 e. The highest BCUT2D eigenvalue weighted by atomic mass is 16.5. The fraction of sp³-hybridized carbons (Fsp3) is 0.591. The SMILES string of the molecule is CCN(C[C@H]1CCCO1)C(=O)c1ccc2c(=O)n3c(nc2c1)CCCCCC3. The molecular weight excluding hydrogens is 354 g/mol. The summed E-state index contributed by atoms with van der Waals surface area (Å²) in [6.07, 6.45) is 7.44. The average molecular weight is 383 g/mol. The highest BCUT2D eigenvalue weighted by Crippen LogP contribution is 2.19. The fourth-order valence-corrected chi connectivity index (χ4v) is 4.30. The van der Waals surface area contributed by atoms with Crippen LogP contribution in [0.1, 0.15) is 61.6 Å². The van der Waals surface area contributed by atoms with Crippen LogP contribution in [0.15, 0.2) is 23.0 Å². The summed E-state index contributed by atoms with van der Waals surface area (Å²) in [5.74, 6) is 0.835. The first-order valence-corrected chi connectivity index (χ1v) is 10.6. The van der Waals surface area contributed by atoms with Crippen LogP contribution in [0.5, 0.6) is 0 Å². The maximum atomic E-state index is 13.0. The van der Waals surface area contributed by atoms with Crippen molar-refractivity contribution in [2.45, 2.75) is 64.5 Å². The lowest BCUT2D eigenvalue weighted by Crippen LogP contribution is -2.37.